The molecule has 0 atom stereocenters. The topological polar surface area (TPSA) is 45.2 Å². The maximum atomic E-state index is 12.3. The van der Waals surface area contributed by atoms with Crippen molar-refractivity contribution < 1.29 is 4.79 Å². The quantitative estimate of drug-likeness (QED) is 0.929. The number of nitrogens with one attached hydrogen (secondary N) is 1. The number of carbonyl (C=O) groups excluding carboxylic acids is 1. The lowest BCUT2D eigenvalue weighted by Gasteiger charge is -2.23. The van der Waals surface area contributed by atoms with Crippen LogP contribution in [0.2, 0.25) is 0 Å². The van der Waals surface area contributed by atoms with Gasteiger partial charge in [0.25, 0.3) is 5.91 Å². The van der Waals surface area contributed by atoms with Crippen LogP contribution in [0.25, 0.3) is 0 Å². The summed E-state index contributed by atoms with van der Waals surface area (Å²) in [5, 5.41) is 3.13. The summed E-state index contributed by atoms with van der Waals surface area (Å²) in [5.74, 6) is -0.0192. The second kappa shape index (κ2) is 7.61. The molecule has 120 valence electrons. The highest BCUT2D eigenvalue weighted by Crippen LogP contribution is 2.20. The normalized spacial score (nSPS) is 20.5. The first-order valence-corrected chi connectivity index (χ1v) is 8.85. The number of carbonyl (C=O) groups is 1. The number of anilines is 1. The summed E-state index contributed by atoms with van der Waals surface area (Å²) in [5.41, 5.74) is 1.69. The highest BCUT2D eigenvalue weighted by Gasteiger charge is 2.17. The standard InChI is InChI=1S/C18H27N3O/c22-18(20-15-8-4-3-5-9-15)17-11-10-16(14-19-17)21-12-6-1-2-7-13-21/h10-11,14-15H,1-9,12-13H2,(H,20,22). The summed E-state index contributed by atoms with van der Waals surface area (Å²) < 4.78 is 0. The largest absolute Gasteiger partial charge is 0.370 e. The third kappa shape index (κ3) is 3.99. The molecule has 0 bridgehead atoms. The first kappa shape index (κ1) is 15.3. The lowest BCUT2D eigenvalue weighted by Crippen LogP contribution is -2.36. The summed E-state index contributed by atoms with van der Waals surface area (Å²) in [6, 6.07) is 4.26. The van der Waals surface area contributed by atoms with Crippen LogP contribution in [0.4, 0.5) is 5.69 Å². The van der Waals surface area contributed by atoms with Gasteiger partial charge in [0.1, 0.15) is 5.69 Å². The molecule has 0 radical (unpaired) electrons. The van der Waals surface area contributed by atoms with Gasteiger partial charge in [0.05, 0.1) is 11.9 Å². The molecule has 1 N–H and O–H groups in total. The summed E-state index contributed by atoms with van der Waals surface area (Å²) in [7, 11) is 0. The third-order valence-corrected chi connectivity index (χ3v) is 4.89. The van der Waals surface area contributed by atoms with Crippen molar-refractivity contribution >= 4 is 11.6 Å². The lowest BCUT2D eigenvalue weighted by atomic mass is 9.95. The zero-order chi connectivity index (χ0) is 15.2. The molecule has 4 nitrogen and oxygen atoms in total. The SMILES string of the molecule is O=C(NC1CCCCC1)c1ccc(N2CCCCCC2)cn1. The van der Waals surface area contributed by atoms with E-state index in [9.17, 15) is 4.79 Å². The first-order chi connectivity index (χ1) is 10.8. The number of hydrogen-bond acceptors (Lipinski definition) is 3. The molecule has 4 heteroatoms. The van der Waals surface area contributed by atoms with Crippen LogP contribution in [0.5, 0.6) is 0 Å². The van der Waals surface area contributed by atoms with Gasteiger partial charge in [0, 0.05) is 19.1 Å². The molecular formula is C18H27N3O. The van der Waals surface area contributed by atoms with Gasteiger partial charge in [-0.05, 0) is 37.8 Å². The van der Waals surface area contributed by atoms with Gasteiger partial charge in [-0.15, -0.1) is 0 Å². The van der Waals surface area contributed by atoms with Crippen LogP contribution in [-0.4, -0.2) is 30.0 Å². The molecule has 2 heterocycles. The molecule has 0 aromatic carbocycles. The summed E-state index contributed by atoms with van der Waals surface area (Å²) in [6.07, 6.45) is 13.0. The van der Waals surface area contributed by atoms with Gasteiger partial charge in [0.15, 0.2) is 0 Å². The summed E-state index contributed by atoms with van der Waals surface area (Å²) >= 11 is 0. The lowest BCUT2D eigenvalue weighted by molar-refractivity contribution is 0.0922. The molecule has 2 fully saturated rings. The summed E-state index contributed by atoms with van der Waals surface area (Å²) in [4.78, 5) is 19.1. The van der Waals surface area contributed by atoms with E-state index in [1.807, 2.05) is 18.3 Å². The Morgan fingerprint density at radius 2 is 1.68 bits per heavy atom. The average Bonchev–Trinajstić information content (AvgIpc) is 2.85. The second-order valence-electron chi connectivity index (χ2n) is 6.61. The smallest absolute Gasteiger partial charge is 0.270 e. The van der Waals surface area contributed by atoms with Crippen molar-refractivity contribution in [2.24, 2.45) is 0 Å². The van der Waals surface area contributed by atoms with Gasteiger partial charge in [-0.3, -0.25) is 4.79 Å². The van der Waals surface area contributed by atoms with E-state index in [2.05, 4.69) is 15.2 Å². The Morgan fingerprint density at radius 3 is 2.32 bits per heavy atom. The molecule has 1 aliphatic carbocycles. The molecule has 2 aliphatic rings. The molecule has 1 saturated heterocycles. The van der Waals surface area contributed by atoms with E-state index >= 15 is 0 Å². The van der Waals surface area contributed by atoms with Crippen LogP contribution in [0.15, 0.2) is 18.3 Å². The fraction of sp³-hybridized carbons (Fsp3) is 0.667. The van der Waals surface area contributed by atoms with Gasteiger partial charge in [-0.1, -0.05) is 32.1 Å². The molecular weight excluding hydrogens is 274 g/mol. The Balaban J connectivity index is 1.59. The molecule has 1 aliphatic heterocycles. The zero-order valence-electron chi connectivity index (χ0n) is 13.4. The molecule has 0 unspecified atom stereocenters. The Hall–Kier alpha value is -1.58. The minimum atomic E-state index is -0.0192. The number of hydrogen-bond donors (Lipinski definition) is 1. The molecule has 3 rings (SSSR count). The van der Waals surface area contributed by atoms with E-state index in [1.54, 1.807) is 0 Å². The van der Waals surface area contributed by atoms with Crippen molar-refractivity contribution in [3.63, 3.8) is 0 Å². The van der Waals surface area contributed by atoms with Crippen LogP contribution < -0.4 is 10.2 Å². The van der Waals surface area contributed by atoms with Gasteiger partial charge < -0.3 is 10.2 Å². The minimum Gasteiger partial charge on any atom is -0.370 e. The minimum absolute atomic E-state index is 0.0192. The van der Waals surface area contributed by atoms with E-state index in [0.717, 1.165) is 31.6 Å². The van der Waals surface area contributed by atoms with Crippen LogP contribution in [0.1, 0.15) is 68.3 Å². The van der Waals surface area contributed by atoms with Crippen molar-refractivity contribution in [1.29, 1.82) is 0 Å². The van der Waals surface area contributed by atoms with Crippen molar-refractivity contribution in [3.8, 4) is 0 Å². The summed E-state index contributed by atoms with van der Waals surface area (Å²) in [6.45, 7) is 2.21. The highest BCUT2D eigenvalue weighted by atomic mass is 16.1. The van der Waals surface area contributed by atoms with Gasteiger partial charge >= 0.3 is 0 Å². The predicted octanol–water partition coefficient (Wildman–Crippen LogP) is 3.52. The second-order valence-corrected chi connectivity index (χ2v) is 6.61. The number of aromatic nitrogens is 1. The fourth-order valence-electron chi connectivity index (χ4n) is 3.54. The Bertz CT molecular complexity index is 472. The monoisotopic (exact) mass is 301 g/mol. The van der Waals surface area contributed by atoms with E-state index in [1.165, 1.54) is 44.9 Å². The number of amides is 1. The van der Waals surface area contributed by atoms with E-state index < -0.39 is 0 Å². The maximum Gasteiger partial charge on any atom is 0.270 e. The number of nitrogens with zero attached hydrogens (tertiary/aromatic N) is 2. The Kier molecular flexibility index (Phi) is 5.30. The van der Waals surface area contributed by atoms with Gasteiger partial charge in [-0.25, -0.2) is 4.98 Å². The maximum absolute atomic E-state index is 12.3. The number of pyridine rings is 1. The van der Waals surface area contributed by atoms with Gasteiger partial charge in [0.2, 0.25) is 0 Å². The van der Waals surface area contributed by atoms with Crippen LogP contribution in [0.3, 0.4) is 0 Å². The molecule has 1 saturated carbocycles. The van der Waals surface area contributed by atoms with Crippen LogP contribution in [-0.2, 0) is 0 Å². The highest BCUT2D eigenvalue weighted by molar-refractivity contribution is 5.92. The molecule has 0 spiro atoms. The van der Waals surface area contributed by atoms with Crippen LogP contribution >= 0.6 is 0 Å². The Morgan fingerprint density at radius 1 is 1.00 bits per heavy atom. The first-order valence-electron chi connectivity index (χ1n) is 8.85. The van der Waals surface area contributed by atoms with Crippen molar-refractivity contribution in [2.75, 3.05) is 18.0 Å². The molecule has 22 heavy (non-hydrogen) atoms. The molecule has 1 aromatic heterocycles. The molecule has 1 aromatic rings. The fourth-order valence-corrected chi connectivity index (χ4v) is 3.54. The van der Waals surface area contributed by atoms with Crippen LogP contribution in [0, 0.1) is 0 Å². The van der Waals surface area contributed by atoms with Crippen molar-refractivity contribution in [1.82, 2.24) is 10.3 Å². The zero-order valence-corrected chi connectivity index (χ0v) is 13.4. The van der Waals surface area contributed by atoms with E-state index in [-0.39, 0.29) is 5.91 Å². The third-order valence-electron chi connectivity index (χ3n) is 4.89. The van der Waals surface area contributed by atoms with Crippen molar-refractivity contribution in [2.45, 2.75) is 63.8 Å². The van der Waals surface area contributed by atoms with E-state index in [4.69, 9.17) is 0 Å². The predicted molar refractivity (Wildman–Crippen MR) is 89.3 cm³/mol. The molecule has 1 amide bonds. The van der Waals surface area contributed by atoms with Crippen molar-refractivity contribution in [3.05, 3.63) is 24.0 Å². The van der Waals surface area contributed by atoms with Gasteiger partial charge in [-0.2, -0.15) is 0 Å². The number of rotatable bonds is 3. The average molecular weight is 301 g/mol. The Labute approximate surface area is 133 Å². The van der Waals surface area contributed by atoms with E-state index in [0.29, 0.717) is 11.7 Å².